The van der Waals surface area contributed by atoms with Crippen LogP contribution in [0.15, 0.2) is 53.6 Å². The van der Waals surface area contributed by atoms with E-state index in [-0.39, 0.29) is 23.9 Å². The summed E-state index contributed by atoms with van der Waals surface area (Å²) in [6, 6.07) is 13.2. The number of sulfonamides is 1. The predicted octanol–water partition coefficient (Wildman–Crippen LogP) is 4.15. The van der Waals surface area contributed by atoms with Crippen molar-refractivity contribution in [3.63, 3.8) is 0 Å². The number of nitrogens with zero attached hydrogens (tertiary/aromatic N) is 6. The Morgan fingerprint density at radius 3 is 2.76 bits per heavy atom. The molecule has 2 atom stereocenters. The number of hydrogen-bond donors (Lipinski definition) is 1. The summed E-state index contributed by atoms with van der Waals surface area (Å²) in [4.78, 5) is 18.9. The first-order valence-electron chi connectivity index (χ1n) is 14.0. The number of aliphatic carboxylic acids is 1. The molecule has 1 aromatic carbocycles. The molecule has 2 aliphatic rings. The lowest BCUT2D eigenvalue weighted by atomic mass is 9.89. The minimum Gasteiger partial charge on any atom is -0.481 e. The first-order valence-corrected chi connectivity index (χ1v) is 15.4. The van der Waals surface area contributed by atoms with Crippen LogP contribution < -0.4 is 4.90 Å². The molecule has 6 rings (SSSR count). The number of carboxylic acids is 1. The van der Waals surface area contributed by atoms with E-state index in [4.69, 9.17) is 0 Å². The van der Waals surface area contributed by atoms with Gasteiger partial charge < -0.3 is 14.6 Å². The van der Waals surface area contributed by atoms with Gasteiger partial charge in [0.1, 0.15) is 10.7 Å². The molecule has 3 aromatic heterocycles. The van der Waals surface area contributed by atoms with Gasteiger partial charge in [-0.15, -0.1) is 5.10 Å². The number of benzene rings is 1. The van der Waals surface area contributed by atoms with E-state index in [1.165, 1.54) is 0 Å². The number of aromatic nitrogens is 4. The summed E-state index contributed by atoms with van der Waals surface area (Å²) >= 11 is 0. The van der Waals surface area contributed by atoms with Crippen LogP contribution in [-0.4, -0.2) is 62.7 Å². The summed E-state index contributed by atoms with van der Waals surface area (Å²) in [6.45, 7) is 5.20. The predicted molar refractivity (Wildman–Crippen MR) is 155 cm³/mol. The van der Waals surface area contributed by atoms with E-state index in [0.717, 1.165) is 59.3 Å². The number of piperidine rings is 1. The minimum absolute atomic E-state index is 0.0540. The molecule has 1 saturated heterocycles. The number of hydrogen-bond acceptors (Lipinski definition) is 7. The van der Waals surface area contributed by atoms with Crippen LogP contribution in [0, 0.1) is 13.8 Å². The summed E-state index contributed by atoms with van der Waals surface area (Å²) in [6.07, 6.45) is 4.52. The second-order valence-electron chi connectivity index (χ2n) is 11.2. The van der Waals surface area contributed by atoms with Crippen molar-refractivity contribution >= 4 is 32.8 Å². The van der Waals surface area contributed by atoms with Crippen LogP contribution in [0.1, 0.15) is 59.7 Å². The zero-order valence-electron chi connectivity index (χ0n) is 23.5. The van der Waals surface area contributed by atoms with E-state index >= 15 is 0 Å². The van der Waals surface area contributed by atoms with Crippen molar-refractivity contribution in [2.45, 2.75) is 62.9 Å². The van der Waals surface area contributed by atoms with Gasteiger partial charge in [-0.2, -0.15) is 9.40 Å². The Balaban J connectivity index is 1.40. The molecule has 0 saturated carbocycles. The van der Waals surface area contributed by atoms with Crippen molar-refractivity contribution in [1.82, 2.24) is 24.1 Å². The van der Waals surface area contributed by atoms with Crippen LogP contribution in [0.3, 0.4) is 0 Å². The molecule has 0 radical (unpaired) electrons. The average molecular weight is 575 g/mol. The van der Waals surface area contributed by atoms with Crippen LogP contribution in [0.5, 0.6) is 0 Å². The maximum atomic E-state index is 14.0. The fraction of sp³-hybridized carbons (Fsp3) is 0.400. The van der Waals surface area contributed by atoms with Gasteiger partial charge in [-0.25, -0.2) is 13.4 Å². The van der Waals surface area contributed by atoms with Crippen LogP contribution in [-0.2, 0) is 28.4 Å². The van der Waals surface area contributed by atoms with Crippen molar-refractivity contribution in [2.24, 2.45) is 7.05 Å². The average Bonchev–Trinajstić information content (AvgIpc) is 3.23. The van der Waals surface area contributed by atoms with Gasteiger partial charge in [-0.05, 0) is 74.1 Å². The number of fused-ring (bicyclic) bond motifs is 4. The second-order valence-corrected chi connectivity index (χ2v) is 13.1. The standard InChI is InChI=1S/C30H34N6O4S/c1-19-9-10-21(25(16-28(37)38)26-15-22-13-20(2)32-33-29(22)34(26)3)14-23(19)17-35-18-24-7-4-5-12-36(24)30-27(41(35,39)40)8-6-11-31-30/h6,8-11,13-15,24-25H,4-5,7,12,16-18H2,1-3H3,(H,37,38)/t24-,25?/m1/s1. The largest absolute Gasteiger partial charge is 0.481 e. The van der Waals surface area contributed by atoms with Gasteiger partial charge in [0, 0.05) is 55.9 Å². The van der Waals surface area contributed by atoms with Crippen molar-refractivity contribution < 1.29 is 18.3 Å². The minimum atomic E-state index is -3.81. The Bertz CT molecular complexity index is 1750. The van der Waals surface area contributed by atoms with Crippen LogP contribution >= 0.6 is 0 Å². The van der Waals surface area contributed by atoms with E-state index in [2.05, 4.69) is 20.1 Å². The zero-order chi connectivity index (χ0) is 28.9. The molecule has 1 N–H and O–H groups in total. The van der Waals surface area contributed by atoms with Gasteiger partial charge in [0.2, 0.25) is 10.0 Å². The lowest BCUT2D eigenvalue weighted by Gasteiger charge is -2.36. The summed E-state index contributed by atoms with van der Waals surface area (Å²) in [5.74, 6) is -0.826. The SMILES string of the molecule is Cc1cc2cc(C(CC(=O)O)c3ccc(C)c(CN4C[C@H]5CCCCN5c5ncccc5S4(=O)=O)c3)n(C)c2nn1. The first-order chi connectivity index (χ1) is 19.6. The highest BCUT2D eigenvalue weighted by Crippen LogP contribution is 2.37. The van der Waals surface area contributed by atoms with E-state index in [1.54, 1.807) is 22.6 Å². The number of anilines is 1. The smallest absolute Gasteiger partial charge is 0.304 e. The van der Waals surface area contributed by atoms with Crippen molar-refractivity contribution in [2.75, 3.05) is 18.0 Å². The third kappa shape index (κ3) is 4.97. The van der Waals surface area contributed by atoms with Gasteiger partial charge >= 0.3 is 5.97 Å². The number of pyridine rings is 1. The fourth-order valence-electron chi connectivity index (χ4n) is 6.31. The summed E-state index contributed by atoms with van der Waals surface area (Å²) in [5.41, 5.74) is 4.91. The molecule has 11 heteroatoms. The highest BCUT2D eigenvalue weighted by Gasteiger charge is 2.39. The Morgan fingerprint density at radius 1 is 1.12 bits per heavy atom. The van der Waals surface area contributed by atoms with Crippen molar-refractivity contribution in [3.8, 4) is 0 Å². The molecule has 4 aromatic rings. The van der Waals surface area contributed by atoms with Gasteiger partial charge in [0.25, 0.3) is 0 Å². The molecule has 0 aliphatic carbocycles. The number of aryl methyl sites for hydroxylation is 3. The molecule has 1 fully saturated rings. The fourth-order valence-corrected chi connectivity index (χ4v) is 7.92. The van der Waals surface area contributed by atoms with Crippen LogP contribution in [0.25, 0.3) is 11.0 Å². The van der Waals surface area contributed by atoms with Crippen molar-refractivity contribution in [3.05, 3.63) is 76.7 Å². The third-order valence-corrected chi connectivity index (χ3v) is 10.3. The van der Waals surface area contributed by atoms with Gasteiger partial charge in [-0.3, -0.25) is 4.79 Å². The summed E-state index contributed by atoms with van der Waals surface area (Å²) < 4.78 is 31.5. The van der Waals surface area contributed by atoms with E-state index in [9.17, 15) is 18.3 Å². The molecule has 2 aliphatic heterocycles. The molecule has 214 valence electrons. The maximum Gasteiger partial charge on any atom is 0.304 e. The summed E-state index contributed by atoms with van der Waals surface area (Å²) in [5, 5.41) is 19.3. The monoisotopic (exact) mass is 574 g/mol. The molecule has 0 spiro atoms. The van der Waals surface area contributed by atoms with Crippen molar-refractivity contribution in [1.29, 1.82) is 0 Å². The molecule has 10 nitrogen and oxygen atoms in total. The third-order valence-electron chi connectivity index (χ3n) is 8.47. The van der Waals surface area contributed by atoms with Gasteiger partial charge in [-0.1, -0.05) is 18.2 Å². The Hall–Kier alpha value is -3.83. The van der Waals surface area contributed by atoms with E-state index in [0.29, 0.717) is 18.0 Å². The second kappa shape index (κ2) is 10.5. The van der Waals surface area contributed by atoms with E-state index < -0.39 is 21.9 Å². The summed E-state index contributed by atoms with van der Waals surface area (Å²) in [7, 11) is -1.94. The van der Waals surface area contributed by atoms with Crippen LogP contribution in [0.2, 0.25) is 0 Å². The highest BCUT2D eigenvalue weighted by molar-refractivity contribution is 7.89. The van der Waals surface area contributed by atoms with E-state index in [1.807, 2.05) is 55.8 Å². The lowest BCUT2D eigenvalue weighted by Crippen LogP contribution is -2.45. The Labute approximate surface area is 239 Å². The van der Waals surface area contributed by atoms with Gasteiger partial charge in [0.15, 0.2) is 5.65 Å². The zero-order valence-corrected chi connectivity index (χ0v) is 24.3. The molecule has 5 heterocycles. The quantitative estimate of drug-likeness (QED) is 0.365. The Morgan fingerprint density at radius 2 is 1.95 bits per heavy atom. The highest BCUT2D eigenvalue weighted by atomic mass is 32.2. The Kier molecular flexibility index (Phi) is 7.03. The topological polar surface area (TPSA) is 122 Å². The molecular formula is C30H34N6O4S. The molecule has 1 unspecified atom stereocenters. The van der Waals surface area contributed by atoms with Gasteiger partial charge in [0.05, 0.1) is 12.1 Å². The molecule has 41 heavy (non-hydrogen) atoms. The first kappa shape index (κ1) is 27.3. The molecular weight excluding hydrogens is 540 g/mol. The molecule has 0 bridgehead atoms. The number of carboxylic acid groups (broad SMARTS) is 1. The maximum absolute atomic E-state index is 14.0. The number of carbonyl (C=O) groups is 1. The normalized spacial score (nSPS) is 19.4. The molecule has 0 amide bonds. The van der Waals surface area contributed by atoms with Crippen LogP contribution in [0.4, 0.5) is 5.82 Å². The lowest BCUT2D eigenvalue weighted by molar-refractivity contribution is -0.137. The number of rotatable bonds is 6.